The van der Waals surface area contributed by atoms with Crippen molar-refractivity contribution in [3.8, 4) is 0 Å². The molecule has 0 fully saturated rings. The molecule has 30 heavy (non-hydrogen) atoms. The smallest absolute Gasteiger partial charge is 0.271 e. The molecule has 8 nitrogen and oxygen atoms in total. The molecule has 0 aliphatic carbocycles. The number of hydrogen-bond donors (Lipinski definition) is 1. The Bertz CT molecular complexity index is 1210. The first-order valence-corrected chi connectivity index (χ1v) is 10.3. The number of nitro benzene ring substituents is 1. The van der Waals surface area contributed by atoms with Crippen LogP contribution in [-0.2, 0) is 10.0 Å². The lowest BCUT2D eigenvalue weighted by atomic mass is 10.1. The van der Waals surface area contributed by atoms with Crippen LogP contribution in [0.15, 0.2) is 77.7 Å². The normalized spacial score (nSPS) is 11.0. The van der Waals surface area contributed by atoms with Crippen molar-refractivity contribution in [2.45, 2.75) is 11.8 Å². The molecule has 0 saturated heterocycles. The molecule has 0 aliphatic heterocycles. The summed E-state index contributed by atoms with van der Waals surface area (Å²) in [5.41, 5.74) is 1.05. The number of benzene rings is 3. The lowest BCUT2D eigenvalue weighted by Gasteiger charge is -2.22. The Morgan fingerprint density at radius 2 is 1.63 bits per heavy atom. The van der Waals surface area contributed by atoms with Gasteiger partial charge in [-0.15, -0.1) is 0 Å². The maximum atomic E-state index is 13.0. The number of rotatable bonds is 6. The summed E-state index contributed by atoms with van der Waals surface area (Å²) in [5.74, 6) is -0.579. The van der Waals surface area contributed by atoms with E-state index in [1.165, 1.54) is 49.5 Å². The van der Waals surface area contributed by atoms with Gasteiger partial charge in [0.15, 0.2) is 0 Å². The number of carbonyl (C=O) groups excluding carboxylic acids is 1. The molecular formula is C21H19N3O5S. The number of aryl methyl sites for hydroxylation is 1. The van der Waals surface area contributed by atoms with Gasteiger partial charge in [0.25, 0.3) is 21.6 Å². The zero-order chi connectivity index (χ0) is 21.9. The van der Waals surface area contributed by atoms with E-state index < -0.39 is 20.9 Å². The summed E-state index contributed by atoms with van der Waals surface area (Å²) in [6.07, 6.45) is 0. The number of para-hydroxylation sites is 1. The van der Waals surface area contributed by atoms with Gasteiger partial charge in [0.05, 0.1) is 26.8 Å². The number of carbonyl (C=O) groups is 1. The predicted molar refractivity (Wildman–Crippen MR) is 114 cm³/mol. The van der Waals surface area contributed by atoms with E-state index in [1.807, 2.05) is 0 Å². The zero-order valence-corrected chi connectivity index (χ0v) is 17.1. The minimum absolute atomic E-state index is 0.0947. The van der Waals surface area contributed by atoms with Crippen molar-refractivity contribution in [1.29, 1.82) is 0 Å². The molecule has 0 unspecified atom stereocenters. The van der Waals surface area contributed by atoms with Crippen molar-refractivity contribution in [1.82, 2.24) is 0 Å². The number of nitro groups is 1. The van der Waals surface area contributed by atoms with Gasteiger partial charge >= 0.3 is 0 Å². The topological polar surface area (TPSA) is 110 Å². The second-order valence-electron chi connectivity index (χ2n) is 6.51. The Labute approximate surface area is 174 Å². The molecular weight excluding hydrogens is 406 g/mol. The second-order valence-corrected chi connectivity index (χ2v) is 8.48. The molecule has 0 heterocycles. The maximum Gasteiger partial charge on any atom is 0.271 e. The molecule has 1 amide bonds. The van der Waals surface area contributed by atoms with Crippen LogP contribution >= 0.6 is 0 Å². The maximum absolute atomic E-state index is 13.0. The van der Waals surface area contributed by atoms with Crippen LogP contribution in [-0.4, -0.2) is 26.3 Å². The van der Waals surface area contributed by atoms with Crippen LogP contribution in [0.3, 0.4) is 0 Å². The van der Waals surface area contributed by atoms with Crippen LogP contribution in [0, 0.1) is 17.0 Å². The van der Waals surface area contributed by atoms with Crippen LogP contribution in [0.25, 0.3) is 0 Å². The number of non-ortho nitro benzene ring substituents is 1. The molecule has 1 N–H and O–H groups in total. The molecule has 154 valence electrons. The van der Waals surface area contributed by atoms with Crippen molar-refractivity contribution >= 4 is 33.0 Å². The molecule has 3 rings (SSSR count). The van der Waals surface area contributed by atoms with E-state index in [0.717, 1.165) is 4.31 Å². The van der Waals surface area contributed by atoms with Crippen LogP contribution in [0.1, 0.15) is 15.9 Å². The highest BCUT2D eigenvalue weighted by Crippen LogP contribution is 2.28. The highest BCUT2D eigenvalue weighted by atomic mass is 32.2. The molecule has 0 bridgehead atoms. The average molecular weight is 425 g/mol. The highest BCUT2D eigenvalue weighted by molar-refractivity contribution is 7.92. The molecule has 0 aliphatic rings. The van der Waals surface area contributed by atoms with E-state index in [0.29, 0.717) is 5.56 Å². The number of nitrogens with zero attached hydrogens (tertiary/aromatic N) is 2. The van der Waals surface area contributed by atoms with E-state index in [9.17, 15) is 23.3 Å². The summed E-state index contributed by atoms with van der Waals surface area (Å²) in [6, 6.07) is 18.3. The molecule has 0 radical (unpaired) electrons. The minimum atomic E-state index is -3.88. The van der Waals surface area contributed by atoms with E-state index in [2.05, 4.69) is 5.32 Å². The quantitative estimate of drug-likeness (QED) is 0.474. The van der Waals surface area contributed by atoms with Crippen molar-refractivity contribution in [2.24, 2.45) is 0 Å². The molecule has 0 spiro atoms. The van der Waals surface area contributed by atoms with Gasteiger partial charge in [0.2, 0.25) is 0 Å². The molecule has 3 aromatic carbocycles. The number of anilines is 2. The largest absolute Gasteiger partial charge is 0.321 e. The molecule has 3 aromatic rings. The summed E-state index contributed by atoms with van der Waals surface area (Å²) >= 11 is 0. The molecule has 0 aromatic heterocycles. The molecule has 0 saturated carbocycles. The lowest BCUT2D eigenvalue weighted by molar-refractivity contribution is -0.384. The van der Waals surface area contributed by atoms with Crippen LogP contribution < -0.4 is 9.62 Å². The van der Waals surface area contributed by atoms with E-state index in [4.69, 9.17) is 0 Å². The van der Waals surface area contributed by atoms with Gasteiger partial charge in [-0.1, -0.05) is 36.4 Å². The first-order chi connectivity index (χ1) is 14.2. The van der Waals surface area contributed by atoms with Gasteiger partial charge in [0, 0.05) is 19.2 Å². The first-order valence-electron chi connectivity index (χ1n) is 8.91. The Morgan fingerprint density at radius 3 is 2.30 bits per heavy atom. The summed E-state index contributed by atoms with van der Waals surface area (Å²) in [7, 11) is -2.51. The first kappa shape index (κ1) is 21.0. The standard InChI is InChI=1S/C21H19N3O5S/c1-15-12-13-16(24(26)27)14-19(15)22-21(25)18-10-6-7-11-20(18)23(2)30(28,29)17-8-4-3-5-9-17/h3-14H,1-2H3,(H,22,25). The Morgan fingerprint density at radius 1 is 1.00 bits per heavy atom. The van der Waals surface area contributed by atoms with Crippen molar-refractivity contribution in [3.05, 3.63) is 94.0 Å². The predicted octanol–water partition coefficient (Wildman–Crippen LogP) is 3.98. The van der Waals surface area contributed by atoms with Crippen LogP contribution in [0.2, 0.25) is 0 Å². The monoisotopic (exact) mass is 425 g/mol. The molecule has 9 heteroatoms. The summed E-state index contributed by atoms with van der Waals surface area (Å²) in [6.45, 7) is 1.71. The summed E-state index contributed by atoms with van der Waals surface area (Å²) in [5, 5.41) is 13.7. The molecule has 0 atom stereocenters. The summed E-state index contributed by atoms with van der Waals surface area (Å²) < 4.78 is 27.0. The van der Waals surface area contributed by atoms with Gasteiger partial charge in [0.1, 0.15) is 0 Å². The summed E-state index contributed by atoms with van der Waals surface area (Å²) in [4.78, 5) is 23.5. The van der Waals surface area contributed by atoms with Crippen molar-refractivity contribution in [3.63, 3.8) is 0 Å². The number of amides is 1. The fraction of sp³-hybridized carbons (Fsp3) is 0.0952. The second kappa shape index (κ2) is 8.34. The van der Waals surface area contributed by atoms with Gasteiger partial charge < -0.3 is 5.32 Å². The van der Waals surface area contributed by atoms with Gasteiger partial charge in [-0.25, -0.2) is 8.42 Å². The number of nitrogens with one attached hydrogen (secondary N) is 1. The highest BCUT2D eigenvalue weighted by Gasteiger charge is 2.25. The van der Waals surface area contributed by atoms with Gasteiger partial charge in [-0.3, -0.25) is 19.2 Å². The van der Waals surface area contributed by atoms with Crippen LogP contribution in [0.5, 0.6) is 0 Å². The Balaban J connectivity index is 1.97. The van der Waals surface area contributed by atoms with Crippen LogP contribution in [0.4, 0.5) is 17.1 Å². The average Bonchev–Trinajstić information content (AvgIpc) is 2.75. The lowest BCUT2D eigenvalue weighted by Crippen LogP contribution is -2.29. The van der Waals surface area contributed by atoms with Crippen molar-refractivity contribution in [2.75, 3.05) is 16.7 Å². The SMILES string of the molecule is Cc1ccc([N+](=O)[O-])cc1NC(=O)c1ccccc1N(C)S(=O)(=O)c1ccccc1. The minimum Gasteiger partial charge on any atom is -0.321 e. The third-order valence-corrected chi connectivity index (χ3v) is 6.36. The van der Waals surface area contributed by atoms with E-state index >= 15 is 0 Å². The van der Waals surface area contributed by atoms with E-state index in [-0.39, 0.29) is 27.5 Å². The Kier molecular flexibility index (Phi) is 5.84. The Hall–Kier alpha value is -3.72. The van der Waals surface area contributed by atoms with Gasteiger partial charge in [-0.2, -0.15) is 0 Å². The van der Waals surface area contributed by atoms with E-state index in [1.54, 1.807) is 37.3 Å². The van der Waals surface area contributed by atoms with Gasteiger partial charge in [-0.05, 0) is 36.8 Å². The number of sulfonamides is 1. The van der Waals surface area contributed by atoms with Crippen molar-refractivity contribution < 1.29 is 18.1 Å². The number of hydrogen-bond acceptors (Lipinski definition) is 5. The fourth-order valence-electron chi connectivity index (χ4n) is 2.87. The zero-order valence-electron chi connectivity index (χ0n) is 16.3. The third kappa shape index (κ3) is 4.15. The fourth-order valence-corrected chi connectivity index (χ4v) is 4.10. The third-order valence-electron chi connectivity index (χ3n) is 4.57.